The predicted octanol–water partition coefficient (Wildman–Crippen LogP) is 1.93. The summed E-state index contributed by atoms with van der Waals surface area (Å²) in [4.78, 5) is 0. The van der Waals surface area contributed by atoms with Crippen LogP contribution in [0.1, 0.15) is 13.8 Å². The largest absolute Gasteiger partial charge is 0.389 e. The zero-order chi connectivity index (χ0) is 8.32. The van der Waals surface area contributed by atoms with Crippen molar-refractivity contribution in [1.82, 2.24) is 0 Å². The van der Waals surface area contributed by atoms with E-state index in [2.05, 4.69) is 5.32 Å². The van der Waals surface area contributed by atoms with E-state index in [-0.39, 0.29) is 0 Å². The van der Waals surface area contributed by atoms with Crippen LogP contribution in [0.2, 0.25) is 0 Å². The van der Waals surface area contributed by atoms with E-state index in [4.69, 9.17) is 0 Å². The van der Waals surface area contributed by atoms with E-state index >= 15 is 0 Å². The topological polar surface area (TPSA) is 32.3 Å². The first-order valence-electron chi connectivity index (χ1n) is 3.58. The van der Waals surface area contributed by atoms with Gasteiger partial charge >= 0.3 is 0 Å². The van der Waals surface area contributed by atoms with Crippen LogP contribution in [-0.4, -0.2) is 17.3 Å². The van der Waals surface area contributed by atoms with E-state index in [9.17, 15) is 5.11 Å². The van der Waals surface area contributed by atoms with Gasteiger partial charge in [-0.15, -0.1) is 11.3 Å². The average molecular weight is 171 g/mol. The van der Waals surface area contributed by atoms with Gasteiger partial charge in [0.2, 0.25) is 0 Å². The Morgan fingerprint density at radius 1 is 1.64 bits per heavy atom. The Kier molecular flexibility index (Phi) is 2.52. The molecule has 0 unspecified atom stereocenters. The van der Waals surface area contributed by atoms with Gasteiger partial charge in [0.1, 0.15) is 0 Å². The van der Waals surface area contributed by atoms with Gasteiger partial charge in [-0.05, 0) is 31.4 Å². The van der Waals surface area contributed by atoms with Gasteiger partial charge in [0, 0.05) is 6.54 Å². The van der Waals surface area contributed by atoms with Crippen molar-refractivity contribution in [3.8, 4) is 0 Å². The summed E-state index contributed by atoms with van der Waals surface area (Å²) >= 11 is 1.64. The van der Waals surface area contributed by atoms with E-state index in [1.54, 1.807) is 25.2 Å². The SMILES string of the molecule is CC(C)(O)CNc1cccs1. The van der Waals surface area contributed by atoms with Crippen molar-refractivity contribution in [1.29, 1.82) is 0 Å². The van der Waals surface area contributed by atoms with Crippen molar-refractivity contribution in [3.05, 3.63) is 17.5 Å². The maximum Gasteiger partial charge on any atom is 0.0883 e. The monoisotopic (exact) mass is 171 g/mol. The molecular weight excluding hydrogens is 158 g/mol. The quantitative estimate of drug-likeness (QED) is 0.728. The third-order valence-corrected chi connectivity index (χ3v) is 2.04. The average Bonchev–Trinajstić information content (AvgIpc) is 2.32. The lowest BCUT2D eigenvalue weighted by Gasteiger charge is -2.17. The Morgan fingerprint density at radius 3 is 2.82 bits per heavy atom. The number of aliphatic hydroxyl groups is 1. The summed E-state index contributed by atoms with van der Waals surface area (Å²) in [5.74, 6) is 0. The Labute approximate surface area is 70.9 Å². The molecule has 2 nitrogen and oxygen atoms in total. The molecule has 1 aromatic rings. The van der Waals surface area contributed by atoms with Crippen LogP contribution < -0.4 is 5.32 Å². The highest BCUT2D eigenvalue weighted by Crippen LogP contribution is 2.15. The zero-order valence-electron chi connectivity index (χ0n) is 6.79. The molecule has 3 heteroatoms. The standard InChI is InChI=1S/C8H13NOS/c1-8(2,10)6-9-7-4-3-5-11-7/h3-5,9-10H,6H2,1-2H3. The molecule has 1 rings (SSSR count). The van der Waals surface area contributed by atoms with E-state index in [1.807, 2.05) is 17.5 Å². The van der Waals surface area contributed by atoms with Crippen molar-refractivity contribution < 1.29 is 5.11 Å². The molecule has 0 aliphatic carbocycles. The molecule has 0 aliphatic rings. The number of rotatable bonds is 3. The second-order valence-corrected chi connectivity index (χ2v) is 4.09. The molecule has 11 heavy (non-hydrogen) atoms. The van der Waals surface area contributed by atoms with E-state index in [0.29, 0.717) is 6.54 Å². The molecule has 2 N–H and O–H groups in total. The van der Waals surface area contributed by atoms with Crippen LogP contribution in [0.3, 0.4) is 0 Å². The number of thiophene rings is 1. The molecule has 0 bridgehead atoms. The highest BCUT2D eigenvalue weighted by Gasteiger charge is 2.11. The summed E-state index contributed by atoms with van der Waals surface area (Å²) < 4.78 is 0. The van der Waals surface area contributed by atoms with Crippen LogP contribution in [0, 0.1) is 0 Å². The van der Waals surface area contributed by atoms with Crippen molar-refractivity contribution >= 4 is 16.3 Å². The van der Waals surface area contributed by atoms with Crippen LogP contribution in [-0.2, 0) is 0 Å². The van der Waals surface area contributed by atoms with Crippen molar-refractivity contribution in [3.63, 3.8) is 0 Å². The van der Waals surface area contributed by atoms with Crippen LogP contribution in [0.15, 0.2) is 17.5 Å². The minimum Gasteiger partial charge on any atom is -0.389 e. The van der Waals surface area contributed by atoms with Crippen LogP contribution >= 0.6 is 11.3 Å². The highest BCUT2D eigenvalue weighted by atomic mass is 32.1. The first-order valence-corrected chi connectivity index (χ1v) is 4.46. The van der Waals surface area contributed by atoms with E-state index < -0.39 is 5.60 Å². The first-order chi connectivity index (χ1) is 5.08. The number of hydrogen-bond donors (Lipinski definition) is 2. The lowest BCUT2D eigenvalue weighted by atomic mass is 10.1. The Hall–Kier alpha value is -0.540. The molecule has 0 atom stereocenters. The number of anilines is 1. The zero-order valence-corrected chi connectivity index (χ0v) is 7.61. The Morgan fingerprint density at radius 2 is 2.36 bits per heavy atom. The normalized spacial score (nSPS) is 11.5. The second-order valence-electron chi connectivity index (χ2n) is 3.14. The Balaban J connectivity index is 2.35. The van der Waals surface area contributed by atoms with Gasteiger partial charge in [0.05, 0.1) is 10.6 Å². The first kappa shape index (κ1) is 8.56. The molecule has 0 fully saturated rings. The van der Waals surface area contributed by atoms with Crippen molar-refractivity contribution in [2.45, 2.75) is 19.4 Å². The third kappa shape index (κ3) is 3.39. The Bertz CT molecular complexity index is 200. The van der Waals surface area contributed by atoms with Gasteiger partial charge < -0.3 is 10.4 Å². The summed E-state index contributed by atoms with van der Waals surface area (Å²) in [5.41, 5.74) is -0.635. The fourth-order valence-electron chi connectivity index (χ4n) is 0.683. The van der Waals surface area contributed by atoms with Crippen LogP contribution in [0.4, 0.5) is 5.00 Å². The molecule has 0 aliphatic heterocycles. The highest BCUT2D eigenvalue weighted by molar-refractivity contribution is 7.14. The molecular formula is C8H13NOS. The lowest BCUT2D eigenvalue weighted by molar-refractivity contribution is 0.0946. The smallest absolute Gasteiger partial charge is 0.0883 e. The van der Waals surface area contributed by atoms with Gasteiger partial charge in [0.25, 0.3) is 0 Å². The molecule has 1 heterocycles. The van der Waals surface area contributed by atoms with Gasteiger partial charge in [-0.25, -0.2) is 0 Å². The minimum atomic E-state index is -0.635. The van der Waals surface area contributed by atoms with Crippen molar-refractivity contribution in [2.24, 2.45) is 0 Å². The molecule has 0 spiro atoms. The van der Waals surface area contributed by atoms with Gasteiger partial charge in [-0.2, -0.15) is 0 Å². The van der Waals surface area contributed by atoms with Crippen LogP contribution in [0.25, 0.3) is 0 Å². The number of nitrogens with one attached hydrogen (secondary N) is 1. The van der Waals surface area contributed by atoms with E-state index in [1.165, 1.54) is 0 Å². The van der Waals surface area contributed by atoms with Crippen molar-refractivity contribution in [2.75, 3.05) is 11.9 Å². The van der Waals surface area contributed by atoms with E-state index in [0.717, 1.165) is 5.00 Å². The molecule has 62 valence electrons. The molecule has 0 saturated carbocycles. The summed E-state index contributed by atoms with van der Waals surface area (Å²) in [7, 11) is 0. The minimum absolute atomic E-state index is 0.591. The maximum absolute atomic E-state index is 9.36. The second kappa shape index (κ2) is 3.24. The molecule has 0 amide bonds. The summed E-state index contributed by atoms with van der Waals surface area (Å²) in [6.45, 7) is 4.16. The maximum atomic E-state index is 9.36. The van der Waals surface area contributed by atoms with Gasteiger partial charge in [0.15, 0.2) is 0 Å². The summed E-state index contributed by atoms with van der Waals surface area (Å²) in [6, 6.07) is 3.98. The molecule has 0 aromatic carbocycles. The van der Waals surface area contributed by atoms with Crippen LogP contribution in [0.5, 0.6) is 0 Å². The van der Waals surface area contributed by atoms with Gasteiger partial charge in [-0.1, -0.05) is 0 Å². The summed E-state index contributed by atoms with van der Waals surface area (Å²) in [6.07, 6.45) is 0. The fourth-order valence-corrected chi connectivity index (χ4v) is 1.30. The summed E-state index contributed by atoms with van der Waals surface area (Å²) in [5, 5.41) is 15.6. The molecule has 1 aromatic heterocycles. The molecule has 0 radical (unpaired) electrons. The molecule has 0 saturated heterocycles. The number of hydrogen-bond acceptors (Lipinski definition) is 3. The fraction of sp³-hybridized carbons (Fsp3) is 0.500. The predicted molar refractivity (Wildman–Crippen MR) is 49.1 cm³/mol. The van der Waals surface area contributed by atoms with Gasteiger partial charge in [-0.3, -0.25) is 0 Å². The third-order valence-electron chi connectivity index (χ3n) is 1.22. The lowest BCUT2D eigenvalue weighted by Crippen LogP contribution is -2.28.